The first-order valence-corrected chi connectivity index (χ1v) is 5.12. The van der Waals surface area contributed by atoms with Crippen LogP contribution in [-0.2, 0) is 0 Å². The summed E-state index contributed by atoms with van der Waals surface area (Å²) in [5.41, 5.74) is 0.559. The van der Waals surface area contributed by atoms with Crippen LogP contribution in [0.15, 0.2) is 0 Å². The second kappa shape index (κ2) is 2.71. The van der Waals surface area contributed by atoms with E-state index in [1.165, 1.54) is 25.9 Å². The fourth-order valence-corrected chi connectivity index (χ4v) is 3.29. The summed E-state index contributed by atoms with van der Waals surface area (Å²) >= 11 is 0. The van der Waals surface area contributed by atoms with Crippen molar-refractivity contribution in [3.8, 4) is 0 Å². The molecule has 1 N–H and O–H groups in total. The maximum Gasteiger partial charge on any atom is 0.0264 e. The summed E-state index contributed by atoms with van der Waals surface area (Å²) in [7, 11) is 2.26. The Kier molecular flexibility index (Phi) is 1.92. The third-order valence-electron chi connectivity index (χ3n) is 4.00. The van der Waals surface area contributed by atoms with Gasteiger partial charge in [-0.1, -0.05) is 13.8 Å². The summed E-state index contributed by atoms with van der Waals surface area (Å²) in [5.74, 6) is 0. The van der Waals surface area contributed by atoms with Crippen LogP contribution >= 0.6 is 0 Å². The first-order chi connectivity index (χ1) is 5.68. The van der Waals surface area contributed by atoms with E-state index in [9.17, 15) is 0 Å². The number of rotatable bonds is 1. The minimum Gasteiger partial charge on any atom is -0.312 e. The Morgan fingerprint density at radius 2 is 2.33 bits per heavy atom. The van der Waals surface area contributed by atoms with Crippen molar-refractivity contribution in [2.24, 2.45) is 5.41 Å². The van der Waals surface area contributed by atoms with E-state index in [2.05, 4.69) is 31.1 Å². The van der Waals surface area contributed by atoms with Crippen LogP contribution < -0.4 is 5.32 Å². The molecule has 0 aromatic heterocycles. The largest absolute Gasteiger partial charge is 0.312 e. The fourth-order valence-electron chi connectivity index (χ4n) is 3.29. The zero-order valence-electron chi connectivity index (χ0n) is 8.43. The SMILES string of the molecule is CC[C@@H]1N(C)C[C@@H]2NCC[C@@]21C. The maximum absolute atomic E-state index is 3.61. The third kappa shape index (κ3) is 0.944. The number of fused-ring (bicyclic) bond motifs is 1. The average Bonchev–Trinajstić information content (AvgIpc) is 2.43. The van der Waals surface area contributed by atoms with Gasteiger partial charge in [-0.05, 0) is 26.4 Å². The Morgan fingerprint density at radius 1 is 1.58 bits per heavy atom. The van der Waals surface area contributed by atoms with Gasteiger partial charge in [-0.25, -0.2) is 0 Å². The summed E-state index contributed by atoms with van der Waals surface area (Å²) in [6.45, 7) is 7.24. The molecule has 70 valence electrons. The smallest absolute Gasteiger partial charge is 0.0264 e. The molecule has 12 heavy (non-hydrogen) atoms. The van der Waals surface area contributed by atoms with Crippen molar-refractivity contribution >= 4 is 0 Å². The Balaban J connectivity index is 2.21. The van der Waals surface area contributed by atoms with Crippen LogP contribution in [0.2, 0.25) is 0 Å². The highest BCUT2D eigenvalue weighted by molar-refractivity contribution is 5.07. The average molecular weight is 168 g/mol. The molecule has 3 atom stereocenters. The molecule has 2 saturated heterocycles. The highest BCUT2D eigenvalue weighted by Gasteiger charge is 2.50. The zero-order valence-corrected chi connectivity index (χ0v) is 8.43. The maximum atomic E-state index is 3.61. The van der Waals surface area contributed by atoms with Gasteiger partial charge in [-0.3, -0.25) is 0 Å². The van der Waals surface area contributed by atoms with Gasteiger partial charge in [0.1, 0.15) is 0 Å². The Morgan fingerprint density at radius 3 is 3.00 bits per heavy atom. The number of likely N-dealkylation sites (tertiary alicyclic amines) is 1. The lowest BCUT2D eigenvalue weighted by Gasteiger charge is -2.31. The molecule has 2 aliphatic rings. The summed E-state index contributed by atoms with van der Waals surface area (Å²) in [6.07, 6.45) is 2.66. The van der Waals surface area contributed by atoms with Crippen molar-refractivity contribution in [1.29, 1.82) is 0 Å². The predicted molar refractivity (Wildman–Crippen MR) is 51.2 cm³/mol. The van der Waals surface area contributed by atoms with E-state index in [4.69, 9.17) is 0 Å². The molecule has 2 rings (SSSR count). The van der Waals surface area contributed by atoms with Crippen molar-refractivity contribution in [2.75, 3.05) is 20.1 Å². The third-order valence-corrected chi connectivity index (χ3v) is 4.00. The molecule has 2 heteroatoms. The van der Waals surface area contributed by atoms with E-state index in [1.54, 1.807) is 0 Å². The van der Waals surface area contributed by atoms with E-state index < -0.39 is 0 Å². The van der Waals surface area contributed by atoms with Crippen LogP contribution in [0.25, 0.3) is 0 Å². The lowest BCUT2D eigenvalue weighted by atomic mass is 9.78. The molecule has 2 aliphatic heterocycles. The Hall–Kier alpha value is -0.0800. The molecule has 2 heterocycles. The molecule has 0 aliphatic carbocycles. The van der Waals surface area contributed by atoms with Crippen molar-refractivity contribution in [1.82, 2.24) is 10.2 Å². The Bertz CT molecular complexity index is 181. The van der Waals surface area contributed by atoms with E-state index >= 15 is 0 Å². The summed E-state index contributed by atoms with van der Waals surface area (Å²) in [4.78, 5) is 2.52. The van der Waals surface area contributed by atoms with Gasteiger partial charge in [-0.2, -0.15) is 0 Å². The summed E-state index contributed by atoms with van der Waals surface area (Å²) < 4.78 is 0. The van der Waals surface area contributed by atoms with Crippen LogP contribution in [0.4, 0.5) is 0 Å². The normalized spacial score (nSPS) is 48.2. The van der Waals surface area contributed by atoms with E-state index in [1.807, 2.05) is 0 Å². The van der Waals surface area contributed by atoms with Gasteiger partial charge in [0.25, 0.3) is 0 Å². The van der Waals surface area contributed by atoms with Crippen LogP contribution in [0, 0.1) is 5.41 Å². The minimum atomic E-state index is 0.559. The molecule has 0 amide bonds. The minimum absolute atomic E-state index is 0.559. The van der Waals surface area contributed by atoms with Gasteiger partial charge >= 0.3 is 0 Å². The summed E-state index contributed by atoms with van der Waals surface area (Å²) in [6, 6.07) is 1.56. The van der Waals surface area contributed by atoms with Gasteiger partial charge in [-0.15, -0.1) is 0 Å². The highest BCUT2D eigenvalue weighted by atomic mass is 15.2. The van der Waals surface area contributed by atoms with Gasteiger partial charge < -0.3 is 10.2 Å². The van der Waals surface area contributed by atoms with Crippen molar-refractivity contribution in [3.05, 3.63) is 0 Å². The number of hydrogen-bond acceptors (Lipinski definition) is 2. The van der Waals surface area contributed by atoms with Crippen LogP contribution in [0.1, 0.15) is 26.7 Å². The van der Waals surface area contributed by atoms with E-state index in [0.29, 0.717) is 5.41 Å². The van der Waals surface area contributed by atoms with Crippen molar-refractivity contribution in [3.63, 3.8) is 0 Å². The monoisotopic (exact) mass is 168 g/mol. The lowest BCUT2D eigenvalue weighted by Crippen LogP contribution is -2.37. The molecular formula is C10H20N2. The molecule has 0 radical (unpaired) electrons. The molecule has 0 bridgehead atoms. The van der Waals surface area contributed by atoms with E-state index in [-0.39, 0.29) is 0 Å². The number of hydrogen-bond donors (Lipinski definition) is 1. The topological polar surface area (TPSA) is 15.3 Å². The van der Waals surface area contributed by atoms with Gasteiger partial charge in [0.05, 0.1) is 0 Å². The first-order valence-electron chi connectivity index (χ1n) is 5.12. The zero-order chi connectivity index (χ0) is 8.77. The first kappa shape index (κ1) is 8.52. The molecule has 0 saturated carbocycles. The number of nitrogens with one attached hydrogen (secondary N) is 1. The number of likely N-dealkylation sites (N-methyl/N-ethyl adjacent to an activating group) is 1. The van der Waals surface area contributed by atoms with E-state index in [0.717, 1.165) is 12.1 Å². The van der Waals surface area contributed by atoms with Gasteiger partial charge in [0, 0.05) is 24.0 Å². The second-order valence-corrected chi connectivity index (χ2v) is 4.63. The quantitative estimate of drug-likeness (QED) is 0.630. The van der Waals surface area contributed by atoms with Crippen LogP contribution in [0.3, 0.4) is 0 Å². The standard InChI is InChI=1S/C10H20N2/c1-4-9-10(2)5-6-11-8(10)7-12(9)3/h8-9,11H,4-7H2,1-3H3/t8-,9-,10-/m0/s1. The molecular weight excluding hydrogens is 148 g/mol. The lowest BCUT2D eigenvalue weighted by molar-refractivity contribution is 0.189. The number of nitrogens with zero attached hydrogens (tertiary/aromatic N) is 1. The highest BCUT2D eigenvalue weighted by Crippen LogP contribution is 2.43. The second-order valence-electron chi connectivity index (χ2n) is 4.63. The predicted octanol–water partition coefficient (Wildman–Crippen LogP) is 1.08. The molecule has 0 spiro atoms. The van der Waals surface area contributed by atoms with Crippen LogP contribution in [-0.4, -0.2) is 37.1 Å². The molecule has 2 fully saturated rings. The van der Waals surface area contributed by atoms with Gasteiger partial charge in [0.15, 0.2) is 0 Å². The Labute approximate surface area is 75.3 Å². The molecule has 0 unspecified atom stereocenters. The van der Waals surface area contributed by atoms with Crippen molar-refractivity contribution < 1.29 is 0 Å². The molecule has 2 nitrogen and oxygen atoms in total. The fraction of sp³-hybridized carbons (Fsp3) is 1.00. The van der Waals surface area contributed by atoms with Gasteiger partial charge in [0.2, 0.25) is 0 Å². The molecule has 0 aromatic rings. The molecule has 0 aromatic carbocycles. The summed E-state index contributed by atoms with van der Waals surface area (Å²) in [5, 5.41) is 3.61. The van der Waals surface area contributed by atoms with Crippen molar-refractivity contribution in [2.45, 2.75) is 38.8 Å². The van der Waals surface area contributed by atoms with Crippen LogP contribution in [0.5, 0.6) is 0 Å².